The number of methoxy groups -OCH3 is 1. The van der Waals surface area contributed by atoms with Crippen molar-refractivity contribution in [1.29, 1.82) is 0 Å². The van der Waals surface area contributed by atoms with Gasteiger partial charge >= 0.3 is 5.97 Å². The second-order valence-corrected chi connectivity index (χ2v) is 4.94. The molecule has 0 bridgehead atoms. The Labute approximate surface area is 109 Å². The maximum absolute atomic E-state index is 11.7. The molecule has 96 valence electrons. The Hall–Kier alpha value is -1.69. The van der Waals surface area contributed by atoms with Gasteiger partial charge in [-0.3, -0.25) is 4.79 Å². The van der Waals surface area contributed by atoms with Gasteiger partial charge in [0.25, 0.3) is 0 Å². The van der Waals surface area contributed by atoms with Crippen molar-refractivity contribution in [3.05, 3.63) is 34.7 Å². The number of carbonyl (C=O) groups excluding carboxylic acids is 2. The van der Waals surface area contributed by atoms with E-state index < -0.39 is 0 Å². The maximum atomic E-state index is 11.7. The summed E-state index contributed by atoms with van der Waals surface area (Å²) in [5.41, 5.74) is 1.33. The lowest BCUT2D eigenvalue weighted by atomic mass is 9.96. The van der Waals surface area contributed by atoms with Crippen LogP contribution in [-0.4, -0.2) is 24.7 Å². The van der Waals surface area contributed by atoms with Crippen molar-refractivity contribution in [2.24, 2.45) is 5.92 Å². The molecule has 0 aliphatic carbocycles. The highest BCUT2D eigenvalue weighted by molar-refractivity contribution is 8.03. The smallest absolute Gasteiger partial charge is 0.336 e. The fourth-order valence-electron chi connectivity index (χ4n) is 1.90. The van der Waals surface area contributed by atoms with Gasteiger partial charge in [-0.1, -0.05) is 6.08 Å². The third-order valence-electron chi connectivity index (χ3n) is 2.72. The molecule has 18 heavy (non-hydrogen) atoms. The van der Waals surface area contributed by atoms with Gasteiger partial charge in [0.1, 0.15) is 0 Å². The van der Waals surface area contributed by atoms with Gasteiger partial charge in [-0.05, 0) is 13.1 Å². The van der Waals surface area contributed by atoms with Crippen LogP contribution in [0.4, 0.5) is 0 Å². The van der Waals surface area contributed by atoms with Crippen LogP contribution in [0.25, 0.3) is 0 Å². The van der Waals surface area contributed by atoms with Gasteiger partial charge in [0.2, 0.25) is 5.91 Å². The SMILES string of the molecule is COC(=O)C1=CNC=CC1C1=C(C)NC(=O)CS1. The first-order valence-electron chi connectivity index (χ1n) is 5.48. The van der Waals surface area contributed by atoms with E-state index in [1.54, 1.807) is 12.4 Å². The van der Waals surface area contributed by atoms with Crippen molar-refractivity contribution in [2.45, 2.75) is 6.92 Å². The summed E-state index contributed by atoms with van der Waals surface area (Å²) in [7, 11) is 1.36. The second kappa shape index (κ2) is 5.30. The Bertz CT molecular complexity index is 480. The molecular formula is C12H14N2O3S. The van der Waals surface area contributed by atoms with Crippen LogP contribution in [0.5, 0.6) is 0 Å². The van der Waals surface area contributed by atoms with Crippen LogP contribution < -0.4 is 10.6 Å². The lowest BCUT2D eigenvalue weighted by molar-refractivity contribution is -0.136. The number of esters is 1. The van der Waals surface area contributed by atoms with Crippen LogP contribution in [-0.2, 0) is 14.3 Å². The Morgan fingerprint density at radius 2 is 2.33 bits per heavy atom. The fourth-order valence-corrected chi connectivity index (χ4v) is 2.91. The molecule has 0 aromatic carbocycles. The van der Waals surface area contributed by atoms with Crippen molar-refractivity contribution in [3.63, 3.8) is 0 Å². The molecule has 0 aromatic heterocycles. The van der Waals surface area contributed by atoms with Crippen LogP contribution in [0.2, 0.25) is 0 Å². The monoisotopic (exact) mass is 266 g/mol. The van der Waals surface area contributed by atoms with Gasteiger partial charge in [-0.2, -0.15) is 0 Å². The Kier molecular flexibility index (Phi) is 3.76. The van der Waals surface area contributed by atoms with Gasteiger partial charge in [0, 0.05) is 22.7 Å². The molecule has 5 nitrogen and oxygen atoms in total. The van der Waals surface area contributed by atoms with E-state index in [2.05, 4.69) is 10.6 Å². The van der Waals surface area contributed by atoms with Gasteiger partial charge in [-0.15, -0.1) is 11.8 Å². The predicted molar refractivity (Wildman–Crippen MR) is 69.2 cm³/mol. The summed E-state index contributed by atoms with van der Waals surface area (Å²) >= 11 is 1.46. The summed E-state index contributed by atoms with van der Waals surface area (Å²) in [6.45, 7) is 1.84. The zero-order valence-electron chi connectivity index (χ0n) is 10.1. The number of nitrogens with one attached hydrogen (secondary N) is 2. The summed E-state index contributed by atoms with van der Waals surface area (Å²) < 4.78 is 4.77. The van der Waals surface area contributed by atoms with E-state index in [1.165, 1.54) is 18.9 Å². The summed E-state index contributed by atoms with van der Waals surface area (Å²) in [5, 5.41) is 5.67. The molecule has 2 heterocycles. The maximum Gasteiger partial charge on any atom is 0.336 e. The largest absolute Gasteiger partial charge is 0.466 e. The molecule has 0 fully saturated rings. The number of allylic oxidation sites excluding steroid dienone is 3. The molecule has 0 radical (unpaired) electrons. The lowest BCUT2D eigenvalue weighted by Crippen LogP contribution is -2.31. The van der Waals surface area contributed by atoms with E-state index in [-0.39, 0.29) is 17.8 Å². The standard InChI is InChI=1S/C12H14N2O3S/c1-7-11(18-6-10(15)14-7)8-3-4-13-5-9(8)12(16)17-2/h3-5,8,13H,6H2,1-2H3,(H,14,15). The van der Waals surface area contributed by atoms with E-state index in [0.29, 0.717) is 11.3 Å². The Morgan fingerprint density at radius 1 is 1.56 bits per heavy atom. The average molecular weight is 266 g/mol. The quantitative estimate of drug-likeness (QED) is 0.726. The number of hydrogen-bond donors (Lipinski definition) is 2. The number of amides is 1. The number of hydrogen-bond acceptors (Lipinski definition) is 5. The fraction of sp³-hybridized carbons (Fsp3) is 0.333. The predicted octanol–water partition coefficient (Wildman–Crippen LogP) is 0.871. The minimum absolute atomic E-state index is 0.0113. The first kappa shape index (κ1) is 12.8. The van der Waals surface area contributed by atoms with Crippen molar-refractivity contribution in [3.8, 4) is 0 Å². The van der Waals surface area contributed by atoms with Crippen molar-refractivity contribution < 1.29 is 14.3 Å². The number of ether oxygens (including phenoxy) is 1. The molecular weight excluding hydrogens is 252 g/mol. The minimum atomic E-state index is -0.366. The van der Waals surface area contributed by atoms with E-state index >= 15 is 0 Å². The van der Waals surface area contributed by atoms with Gasteiger partial charge < -0.3 is 15.4 Å². The van der Waals surface area contributed by atoms with Crippen molar-refractivity contribution in [2.75, 3.05) is 12.9 Å². The molecule has 1 unspecified atom stereocenters. The molecule has 2 aliphatic rings. The van der Waals surface area contributed by atoms with E-state index in [4.69, 9.17) is 4.74 Å². The Balaban J connectivity index is 2.31. The summed E-state index contributed by atoms with van der Waals surface area (Å²) in [5.74, 6) is -0.166. The molecule has 2 rings (SSSR count). The first-order valence-corrected chi connectivity index (χ1v) is 6.46. The van der Waals surface area contributed by atoms with Gasteiger partial charge in [0.05, 0.1) is 18.4 Å². The highest BCUT2D eigenvalue weighted by Gasteiger charge is 2.29. The second-order valence-electron chi connectivity index (χ2n) is 3.92. The van der Waals surface area contributed by atoms with Crippen molar-refractivity contribution in [1.82, 2.24) is 10.6 Å². The third-order valence-corrected chi connectivity index (χ3v) is 4.00. The molecule has 0 spiro atoms. The van der Waals surface area contributed by atoms with Crippen LogP contribution in [0.1, 0.15) is 6.92 Å². The molecule has 0 saturated heterocycles. The van der Waals surface area contributed by atoms with Gasteiger partial charge in [0.15, 0.2) is 0 Å². The molecule has 2 aliphatic heterocycles. The zero-order valence-corrected chi connectivity index (χ0v) is 11.0. The van der Waals surface area contributed by atoms with Crippen LogP contribution in [0.3, 0.4) is 0 Å². The number of carbonyl (C=O) groups is 2. The first-order chi connectivity index (χ1) is 8.63. The number of thioether (sulfide) groups is 1. The average Bonchev–Trinajstić information content (AvgIpc) is 2.38. The summed E-state index contributed by atoms with van der Waals surface area (Å²) in [6, 6.07) is 0. The summed E-state index contributed by atoms with van der Waals surface area (Å²) in [6.07, 6.45) is 5.29. The lowest BCUT2D eigenvalue weighted by Gasteiger charge is -2.26. The highest BCUT2D eigenvalue weighted by Crippen LogP contribution is 2.36. The van der Waals surface area contributed by atoms with Crippen LogP contribution in [0.15, 0.2) is 34.7 Å². The normalized spacial score (nSPS) is 23.1. The molecule has 2 N–H and O–H groups in total. The molecule has 0 saturated carbocycles. The highest BCUT2D eigenvalue weighted by atomic mass is 32.2. The number of rotatable bonds is 2. The number of dihydropyridines is 1. The van der Waals surface area contributed by atoms with E-state index in [0.717, 1.165) is 10.6 Å². The van der Waals surface area contributed by atoms with E-state index in [1.807, 2.05) is 13.0 Å². The topological polar surface area (TPSA) is 67.4 Å². The van der Waals surface area contributed by atoms with E-state index in [9.17, 15) is 9.59 Å². The molecule has 0 aromatic rings. The minimum Gasteiger partial charge on any atom is -0.466 e. The van der Waals surface area contributed by atoms with Crippen molar-refractivity contribution >= 4 is 23.6 Å². The molecule has 1 amide bonds. The molecule has 1 atom stereocenters. The molecule has 6 heteroatoms. The summed E-state index contributed by atoms with van der Waals surface area (Å²) in [4.78, 5) is 24.0. The Morgan fingerprint density at radius 3 is 3.00 bits per heavy atom. The zero-order chi connectivity index (χ0) is 13.1. The van der Waals surface area contributed by atoms with Crippen LogP contribution in [0, 0.1) is 5.92 Å². The third kappa shape index (κ3) is 2.43. The van der Waals surface area contributed by atoms with Gasteiger partial charge in [-0.25, -0.2) is 4.79 Å². The van der Waals surface area contributed by atoms with Crippen LogP contribution >= 0.6 is 11.8 Å².